The maximum absolute atomic E-state index is 13.4. The van der Waals surface area contributed by atoms with Crippen molar-refractivity contribution >= 4 is 27.5 Å². The number of hydrogen-bond acceptors (Lipinski definition) is 5. The third kappa shape index (κ3) is 8.82. The highest BCUT2D eigenvalue weighted by Gasteiger charge is 2.26. The van der Waals surface area contributed by atoms with E-state index in [1.807, 2.05) is 6.92 Å². The van der Waals surface area contributed by atoms with Gasteiger partial charge in [0.2, 0.25) is 21.8 Å². The summed E-state index contributed by atoms with van der Waals surface area (Å²) in [6.45, 7) is 4.40. The second-order valence-corrected chi connectivity index (χ2v) is 10.5. The first-order valence-electron chi connectivity index (χ1n) is 12.0. The van der Waals surface area contributed by atoms with Gasteiger partial charge in [0.25, 0.3) is 0 Å². The highest BCUT2D eigenvalue weighted by Crippen LogP contribution is 2.24. The Labute approximate surface area is 213 Å². The number of anilines is 1. The van der Waals surface area contributed by atoms with E-state index in [1.54, 1.807) is 43.3 Å². The number of unbranched alkanes of at least 4 members (excludes halogenated alkanes) is 1. The molecule has 0 aliphatic carbocycles. The Bertz CT molecular complexity index is 1110. The van der Waals surface area contributed by atoms with Gasteiger partial charge in [-0.3, -0.25) is 13.9 Å². The van der Waals surface area contributed by atoms with Crippen LogP contribution in [-0.2, 0) is 26.2 Å². The van der Waals surface area contributed by atoms with Crippen LogP contribution in [0.1, 0.15) is 45.1 Å². The van der Waals surface area contributed by atoms with Crippen molar-refractivity contribution in [3.8, 4) is 5.75 Å². The maximum atomic E-state index is 13.4. The summed E-state index contributed by atoms with van der Waals surface area (Å²) in [6, 6.07) is 11.7. The summed E-state index contributed by atoms with van der Waals surface area (Å²) in [5.41, 5.74) is 1.13. The lowest BCUT2D eigenvalue weighted by atomic mass is 10.1. The van der Waals surface area contributed by atoms with E-state index >= 15 is 0 Å². The van der Waals surface area contributed by atoms with Gasteiger partial charge in [0.15, 0.2) is 0 Å². The number of carbonyl (C=O) groups excluding carboxylic acids is 2. The van der Waals surface area contributed by atoms with Gasteiger partial charge in [0.1, 0.15) is 17.6 Å². The van der Waals surface area contributed by atoms with Crippen LogP contribution in [0.4, 0.5) is 10.1 Å². The molecule has 0 fully saturated rings. The van der Waals surface area contributed by atoms with Crippen LogP contribution in [0.25, 0.3) is 0 Å². The first-order chi connectivity index (χ1) is 17.1. The zero-order valence-corrected chi connectivity index (χ0v) is 22.2. The van der Waals surface area contributed by atoms with E-state index < -0.39 is 16.1 Å². The second kappa shape index (κ2) is 13.8. The third-order valence-corrected chi connectivity index (χ3v) is 6.95. The largest absolute Gasteiger partial charge is 0.497 e. The number of hydrogen-bond donors (Lipinski definition) is 1. The highest BCUT2D eigenvalue weighted by molar-refractivity contribution is 7.92. The minimum absolute atomic E-state index is 0.0315. The van der Waals surface area contributed by atoms with Crippen LogP contribution in [0.3, 0.4) is 0 Å². The van der Waals surface area contributed by atoms with Gasteiger partial charge in [-0.15, -0.1) is 0 Å². The molecule has 36 heavy (non-hydrogen) atoms. The summed E-state index contributed by atoms with van der Waals surface area (Å²) in [6.07, 6.45) is 3.14. The zero-order valence-electron chi connectivity index (χ0n) is 21.4. The van der Waals surface area contributed by atoms with E-state index in [9.17, 15) is 22.4 Å². The van der Waals surface area contributed by atoms with E-state index in [4.69, 9.17) is 4.74 Å². The number of rotatable bonds is 14. The van der Waals surface area contributed by atoms with Crippen LogP contribution in [0, 0.1) is 5.82 Å². The molecule has 0 bridgehead atoms. The quantitative estimate of drug-likeness (QED) is 0.383. The summed E-state index contributed by atoms with van der Waals surface area (Å²) in [5.74, 6) is -0.435. The second-order valence-electron chi connectivity index (χ2n) is 8.61. The fourth-order valence-corrected chi connectivity index (χ4v) is 4.63. The average molecular weight is 522 g/mol. The number of nitrogens with one attached hydrogen (secondary N) is 1. The van der Waals surface area contributed by atoms with E-state index in [2.05, 4.69) is 5.32 Å². The summed E-state index contributed by atoms with van der Waals surface area (Å²) >= 11 is 0. The van der Waals surface area contributed by atoms with E-state index in [-0.39, 0.29) is 43.6 Å². The smallest absolute Gasteiger partial charge is 0.242 e. The Morgan fingerprint density at radius 2 is 1.81 bits per heavy atom. The number of halogens is 1. The van der Waals surface area contributed by atoms with Crippen molar-refractivity contribution in [3.05, 3.63) is 59.9 Å². The third-order valence-electron chi connectivity index (χ3n) is 5.76. The van der Waals surface area contributed by atoms with Gasteiger partial charge in [0.05, 0.1) is 19.1 Å². The molecule has 0 heterocycles. The van der Waals surface area contributed by atoms with Crippen molar-refractivity contribution in [2.75, 3.05) is 30.8 Å². The lowest BCUT2D eigenvalue weighted by Crippen LogP contribution is -2.48. The standard InChI is InChI=1S/C26H36FN3O5S/c1-5-6-16-28-26(32)20(2)29(19-21-12-14-22(27)15-13-21)25(31)11-8-17-30(36(4,33)34)23-9-7-10-24(18-23)35-3/h7,9-10,12-15,18,20H,5-6,8,11,16-17,19H2,1-4H3,(H,28,32)/t20-/m1/s1. The van der Waals surface area contributed by atoms with Gasteiger partial charge >= 0.3 is 0 Å². The van der Waals surface area contributed by atoms with Crippen molar-refractivity contribution in [1.29, 1.82) is 0 Å². The molecule has 0 saturated heterocycles. The van der Waals surface area contributed by atoms with Gasteiger partial charge in [-0.05, 0) is 49.6 Å². The van der Waals surface area contributed by atoms with Crippen LogP contribution in [0.5, 0.6) is 5.75 Å². The monoisotopic (exact) mass is 521 g/mol. The van der Waals surface area contributed by atoms with Crippen LogP contribution in [0.15, 0.2) is 48.5 Å². The molecule has 0 aromatic heterocycles. The van der Waals surface area contributed by atoms with Crippen LogP contribution >= 0.6 is 0 Å². The Morgan fingerprint density at radius 3 is 2.42 bits per heavy atom. The minimum atomic E-state index is -3.60. The topological polar surface area (TPSA) is 96.0 Å². The summed E-state index contributed by atoms with van der Waals surface area (Å²) < 4.78 is 44.7. The number of benzene rings is 2. The molecule has 198 valence electrons. The van der Waals surface area contributed by atoms with Crippen molar-refractivity contribution < 1.29 is 27.1 Å². The average Bonchev–Trinajstić information content (AvgIpc) is 2.85. The maximum Gasteiger partial charge on any atom is 0.242 e. The molecule has 2 aromatic carbocycles. The summed E-state index contributed by atoms with van der Waals surface area (Å²) in [4.78, 5) is 27.4. The van der Waals surface area contributed by atoms with E-state index in [1.165, 1.54) is 28.4 Å². The first-order valence-corrected chi connectivity index (χ1v) is 13.8. The van der Waals surface area contributed by atoms with Gasteiger partial charge in [-0.2, -0.15) is 0 Å². The van der Waals surface area contributed by atoms with Gasteiger partial charge in [-0.25, -0.2) is 12.8 Å². The number of methoxy groups -OCH3 is 1. The molecule has 2 rings (SSSR count). The summed E-state index contributed by atoms with van der Waals surface area (Å²) in [5, 5.41) is 2.85. The molecule has 1 N–H and O–H groups in total. The fourth-order valence-electron chi connectivity index (χ4n) is 3.67. The highest BCUT2D eigenvalue weighted by atomic mass is 32.2. The predicted octanol–water partition coefficient (Wildman–Crippen LogP) is 3.71. The fraction of sp³-hybridized carbons (Fsp3) is 0.462. The number of carbonyl (C=O) groups is 2. The Balaban J connectivity index is 2.15. The molecule has 2 aromatic rings. The van der Waals surface area contributed by atoms with E-state index in [0.717, 1.165) is 19.1 Å². The van der Waals surface area contributed by atoms with Gasteiger partial charge in [0, 0.05) is 32.1 Å². The van der Waals surface area contributed by atoms with Crippen molar-refractivity contribution in [2.45, 2.75) is 52.1 Å². The number of ether oxygens (including phenoxy) is 1. The number of sulfonamides is 1. The lowest BCUT2D eigenvalue weighted by Gasteiger charge is -2.29. The number of amides is 2. The van der Waals surface area contributed by atoms with Crippen LogP contribution < -0.4 is 14.4 Å². The first kappa shape index (κ1) is 29.1. The summed E-state index contributed by atoms with van der Waals surface area (Å²) in [7, 11) is -2.11. The molecule has 0 spiro atoms. The predicted molar refractivity (Wildman–Crippen MR) is 139 cm³/mol. The number of nitrogens with zero attached hydrogens (tertiary/aromatic N) is 2. The van der Waals surface area contributed by atoms with Crippen molar-refractivity contribution in [3.63, 3.8) is 0 Å². The van der Waals surface area contributed by atoms with Crippen molar-refractivity contribution in [2.24, 2.45) is 0 Å². The molecule has 0 aliphatic heterocycles. The minimum Gasteiger partial charge on any atom is -0.497 e. The molecular weight excluding hydrogens is 485 g/mol. The molecule has 0 aliphatic rings. The molecule has 8 nitrogen and oxygen atoms in total. The molecular formula is C26H36FN3O5S. The van der Waals surface area contributed by atoms with Gasteiger partial charge < -0.3 is 15.0 Å². The molecule has 0 radical (unpaired) electrons. The Hall–Kier alpha value is -3.14. The molecule has 10 heteroatoms. The van der Waals surface area contributed by atoms with Gasteiger partial charge in [-0.1, -0.05) is 31.5 Å². The Kier molecular flexibility index (Phi) is 11.2. The lowest BCUT2D eigenvalue weighted by molar-refractivity contribution is -0.140. The van der Waals surface area contributed by atoms with Crippen LogP contribution in [0.2, 0.25) is 0 Å². The zero-order chi connectivity index (χ0) is 26.7. The Morgan fingerprint density at radius 1 is 1.11 bits per heavy atom. The normalized spacial score (nSPS) is 12.0. The molecule has 0 saturated carbocycles. The SMILES string of the molecule is CCCCNC(=O)[C@@H](C)N(Cc1ccc(F)cc1)C(=O)CCCN(c1cccc(OC)c1)S(C)(=O)=O. The molecule has 1 atom stereocenters. The van der Waals surface area contributed by atoms with Crippen molar-refractivity contribution in [1.82, 2.24) is 10.2 Å². The van der Waals surface area contributed by atoms with Crippen LogP contribution in [-0.4, -0.2) is 57.6 Å². The molecule has 2 amide bonds. The van der Waals surface area contributed by atoms with E-state index in [0.29, 0.717) is 23.5 Å². The molecule has 0 unspecified atom stereocenters.